The summed E-state index contributed by atoms with van der Waals surface area (Å²) in [4.78, 5) is 29.1. The standard InChI is InChI=1S/C15H13ClN2O3/c16-11-7-13(17-12-4-2-1-3-10(11)12)15(21)18(8-14(19)20)9-5-6-9/h1-4,7,9H,5-6,8H2,(H,19,20). The van der Waals surface area contributed by atoms with Gasteiger partial charge in [0, 0.05) is 11.4 Å². The van der Waals surface area contributed by atoms with E-state index in [2.05, 4.69) is 4.98 Å². The lowest BCUT2D eigenvalue weighted by molar-refractivity contribution is -0.137. The van der Waals surface area contributed by atoms with Gasteiger partial charge in [-0.1, -0.05) is 29.8 Å². The predicted octanol–water partition coefficient (Wildman–Crippen LogP) is 2.58. The number of carboxylic acids is 1. The van der Waals surface area contributed by atoms with Crippen molar-refractivity contribution >= 4 is 34.4 Å². The van der Waals surface area contributed by atoms with Crippen LogP contribution in [0.3, 0.4) is 0 Å². The van der Waals surface area contributed by atoms with Gasteiger partial charge in [0.15, 0.2) is 0 Å². The first kappa shape index (κ1) is 13.8. The van der Waals surface area contributed by atoms with E-state index in [1.165, 1.54) is 11.0 Å². The SMILES string of the molecule is O=C(O)CN(C(=O)c1cc(Cl)c2ccccc2n1)C1CC1. The van der Waals surface area contributed by atoms with Crippen LogP contribution in [0.4, 0.5) is 0 Å². The normalized spacial score (nSPS) is 14.1. The Morgan fingerprint density at radius 3 is 2.71 bits per heavy atom. The Bertz CT molecular complexity index is 728. The van der Waals surface area contributed by atoms with Gasteiger partial charge in [-0.2, -0.15) is 0 Å². The number of aliphatic carboxylic acids is 1. The van der Waals surface area contributed by atoms with Gasteiger partial charge in [-0.25, -0.2) is 4.98 Å². The second kappa shape index (κ2) is 5.33. The van der Waals surface area contributed by atoms with Gasteiger partial charge in [0.1, 0.15) is 12.2 Å². The number of benzene rings is 1. The average Bonchev–Trinajstić information content (AvgIpc) is 3.28. The lowest BCUT2D eigenvalue weighted by Crippen LogP contribution is -2.37. The Labute approximate surface area is 126 Å². The molecule has 0 aliphatic heterocycles. The molecule has 1 fully saturated rings. The second-order valence-electron chi connectivity index (χ2n) is 5.06. The van der Waals surface area contributed by atoms with E-state index in [0.717, 1.165) is 18.2 Å². The maximum atomic E-state index is 12.5. The molecule has 0 bridgehead atoms. The number of carbonyl (C=O) groups is 2. The molecule has 108 valence electrons. The number of para-hydroxylation sites is 1. The van der Waals surface area contributed by atoms with Crippen molar-refractivity contribution in [1.29, 1.82) is 0 Å². The largest absolute Gasteiger partial charge is 0.480 e. The molecule has 1 saturated carbocycles. The number of nitrogens with zero attached hydrogens (tertiary/aromatic N) is 2. The highest BCUT2D eigenvalue weighted by atomic mass is 35.5. The molecule has 3 rings (SSSR count). The minimum absolute atomic E-state index is 0.000598. The fourth-order valence-corrected chi connectivity index (χ4v) is 2.55. The number of pyridine rings is 1. The van der Waals surface area contributed by atoms with E-state index >= 15 is 0 Å². The van der Waals surface area contributed by atoms with Crippen LogP contribution in [0.15, 0.2) is 30.3 Å². The molecule has 6 heteroatoms. The molecule has 0 atom stereocenters. The molecule has 0 unspecified atom stereocenters. The van der Waals surface area contributed by atoms with Crippen molar-refractivity contribution < 1.29 is 14.7 Å². The van der Waals surface area contributed by atoms with Crippen molar-refractivity contribution in [3.8, 4) is 0 Å². The summed E-state index contributed by atoms with van der Waals surface area (Å²) in [6.45, 7) is -0.310. The number of amides is 1. The molecule has 5 nitrogen and oxygen atoms in total. The minimum atomic E-state index is -1.03. The Kier molecular flexibility index (Phi) is 3.51. The van der Waals surface area contributed by atoms with Gasteiger partial charge in [0.05, 0.1) is 10.5 Å². The number of aromatic nitrogens is 1. The van der Waals surface area contributed by atoms with E-state index in [1.807, 2.05) is 18.2 Å². The number of hydrogen-bond donors (Lipinski definition) is 1. The monoisotopic (exact) mass is 304 g/mol. The third kappa shape index (κ3) is 2.83. The third-order valence-electron chi connectivity index (χ3n) is 3.44. The van der Waals surface area contributed by atoms with Crippen molar-refractivity contribution in [2.45, 2.75) is 18.9 Å². The molecule has 1 aliphatic rings. The van der Waals surface area contributed by atoms with Crippen molar-refractivity contribution in [2.75, 3.05) is 6.54 Å². The van der Waals surface area contributed by atoms with Crippen LogP contribution in [0.5, 0.6) is 0 Å². The summed E-state index contributed by atoms with van der Waals surface area (Å²) in [5.41, 5.74) is 0.811. The van der Waals surface area contributed by atoms with E-state index in [0.29, 0.717) is 10.5 Å². The first-order valence-corrected chi connectivity index (χ1v) is 7.02. The number of hydrogen-bond acceptors (Lipinski definition) is 3. The van der Waals surface area contributed by atoms with Crippen LogP contribution in [0.25, 0.3) is 10.9 Å². The smallest absolute Gasteiger partial charge is 0.323 e. The highest BCUT2D eigenvalue weighted by molar-refractivity contribution is 6.35. The van der Waals surface area contributed by atoms with Gasteiger partial charge in [0.2, 0.25) is 0 Å². The van der Waals surface area contributed by atoms with Crippen LogP contribution in [0, 0.1) is 0 Å². The highest BCUT2D eigenvalue weighted by Crippen LogP contribution is 2.29. The van der Waals surface area contributed by atoms with E-state index in [4.69, 9.17) is 16.7 Å². The second-order valence-corrected chi connectivity index (χ2v) is 5.47. The van der Waals surface area contributed by atoms with Gasteiger partial charge >= 0.3 is 5.97 Å². The van der Waals surface area contributed by atoms with Crippen molar-refractivity contribution in [2.24, 2.45) is 0 Å². The van der Waals surface area contributed by atoms with E-state index < -0.39 is 5.97 Å². The van der Waals surface area contributed by atoms with Crippen LogP contribution in [-0.2, 0) is 4.79 Å². The highest BCUT2D eigenvalue weighted by Gasteiger charge is 2.35. The van der Waals surface area contributed by atoms with Gasteiger partial charge in [-0.3, -0.25) is 9.59 Å². The van der Waals surface area contributed by atoms with Gasteiger partial charge in [-0.15, -0.1) is 0 Å². The molecule has 2 aromatic rings. The maximum absolute atomic E-state index is 12.5. The third-order valence-corrected chi connectivity index (χ3v) is 3.75. The summed E-state index contributed by atoms with van der Waals surface area (Å²) < 4.78 is 0. The maximum Gasteiger partial charge on any atom is 0.323 e. The predicted molar refractivity (Wildman–Crippen MR) is 78.4 cm³/mol. The van der Waals surface area contributed by atoms with E-state index in [9.17, 15) is 9.59 Å². The van der Waals surface area contributed by atoms with E-state index in [1.54, 1.807) is 6.07 Å². The van der Waals surface area contributed by atoms with Crippen molar-refractivity contribution in [3.63, 3.8) is 0 Å². The van der Waals surface area contributed by atoms with Gasteiger partial charge < -0.3 is 10.0 Å². The number of fused-ring (bicyclic) bond motifs is 1. The Morgan fingerprint density at radius 1 is 1.33 bits per heavy atom. The summed E-state index contributed by atoms with van der Waals surface area (Å²) in [6.07, 6.45) is 1.67. The van der Waals surface area contributed by atoms with Crippen molar-refractivity contribution in [3.05, 3.63) is 41.0 Å². The zero-order valence-electron chi connectivity index (χ0n) is 11.1. The van der Waals surface area contributed by atoms with Crippen LogP contribution >= 0.6 is 11.6 Å². The summed E-state index contributed by atoms with van der Waals surface area (Å²) in [6, 6.07) is 8.77. The molecule has 1 N–H and O–H groups in total. The fraction of sp³-hybridized carbons (Fsp3) is 0.267. The lowest BCUT2D eigenvalue weighted by Gasteiger charge is -2.20. The van der Waals surface area contributed by atoms with E-state index in [-0.39, 0.29) is 24.2 Å². The summed E-state index contributed by atoms with van der Waals surface area (Å²) in [5.74, 6) is -1.41. The molecule has 1 heterocycles. The summed E-state index contributed by atoms with van der Waals surface area (Å²) in [5, 5.41) is 10.2. The lowest BCUT2D eigenvalue weighted by atomic mass is 10.2. The number of carbonyl (C=O) groups excluding carboxylic acids is 1. The van der Waals surface area contributed by atoms with Crippen LogP contribution in [-0.4, -0.2) is 39.5 Å². The molecule has 1 amide bonds. The topological polar surface area (TPSA) is 70.5 Å². The zero-order chi connectivity index (χ0) is 15.0. The Balaban J connectivity index is 1.98. The number of rotatable bonds is 4. The molecular formula is C15H13ClN2O3. The number of halogens is 1. The summed E-state index contributed by atoms with van der Waals surface area (Å²) in [7, 11) is 0. The molecule has 1 aromatic carbocycles. The molecule has 0 radical (unpaired) electrons. The molecule has 0 saturated heterocycles. The quantitative estimate of drug-likeness (QED) is 0.942. The van der Waals surface area contributed by atoms with Gasteiger partial charge in [-0.05, 0) is 25.0 Å². The van der Waals surface area contributed by atoms with Crippen molar-refractivity contribution in [1.82, 2.24) is 9.88 Å². The Hall–Kier alpha value is -2.14. The van der Waals surface area contributed by atoms with Crippen LogP contribution < -0.4 is 0 Å². The molecule has 1 aliphatic carbocycles. The molecule has 1 aromatic heterocycles. The summed E-state index contributed by atoms with van der Waals surface area (Å²) >= 11 is 6.18. The molecular weight excluding hydrogens is 292 g/mol. The zero-order valence-corrected chi connectivity index (χ0v) is 11.9. The molecule has 0 spiro atoms. The first-order valence-electron chi connectivity index (χ1n) is 6.64. The Morgan fingerprint density at radius 2 is 2.05 bits per heavy atom. The van der Waals surface area contributed by atoms with Crippen LogP contribution in [0.2, 0.25) is 5.02 Å². The van der Waals surface area contributed by atoms with Crippen LogP contribution in [0.1, 0.15) is 23.3 Å². The minimum Gasteiger partial charge on any atom is -0.480 e. The average molecular weight is 305 g/mol. The first-order chi connectivity index (χ1) is 10.1. The fourth-order valence-electron chi connectivity index (χ4n) is 2.29. The molecule has 21 heavy (non-hydrogen) atoms. The van der Waals surface area contributed by atoms with Gasteiger partial charge in [0.25, 0.3) is 5.91 Å². The number of carboxylic acid groups (broad SMARTS) is 1.